The van der Waals surface area contributed by atoms with Gasteiger partial charge in [0.05, 0.1) is 0 Å². The number of hydrogen-bond acceptors (Lipinski definition) is 2. The lowest BCUT2D eigenvalue weighted by molar-refractivity contribution is 0.519. The van der Waals surface area contributed by atoms with Crippen molar-refractivity contribution in [2.45, 2.75) is 39.3 Å². The molecule has 1 N–H and O–H groups in total. The second-order valence-electron chi connectivity index (χ2n) is 5.53. The van der Waals surface area contributed by atoms with Crippen LogP contribution in [0.3, 0.4) is 0 Å². The predicted octanol–water partition coefficient (Wildman–Crippen LogP) is 3.29. The van der Waals surface area contributed by atoms with Gasteiger partial charge in [-0.2, -0.15) is 0 Å². The summed E-state index contributed by atoms with van der Waals surface area (Å²) in [6, 6.07) is 14.3. The normalized spacial score (nSPS) is 12.3. The van der Waals surface area contributed by atoms with Crippen LogP contribution < -0.4 is 10.9 Å². The number of benzene rings is 1. The number of aromatic nitrogens is 1. The van der Waals surface area contributed by atoms with Gasteiger partial charge in [-0.3, -0.25) is 4.79 Å². The third-order valence-electron chi connectivity index (χ3n) is 3.75. The maximum atomic E-state index is 11.6. The van der Waals surface area contributed by atoms with Gasteiger partial charge in [-0.25, -0.2) is 0 Å². The minimum atomic E-state index is 0.0819. The van der Waals surface area contributed by atoms with E-state index in [4.69, 9.17) is 0 Å². The molecule has 1 aromatic carbocycles. The highest BCUT2D eigenvalue weighted by Crippen LogP contribution is 2.12. The van der Waals surface area contributed by atoms with Gasteiger partial charge in [0.2, 0.25) is 5.56 Å². The fourth-order valence-corrected chi connectivity index (χ4v) is 2.34. The molecular formula is C18H24N2O. The molecule has 0 aliphatic carbocycles. The van der Waals surface area contributed by atoms with E-state index in [2.05, 4.69) is 43.4 Å². The van der Waals surface area contributed by atoms with Crippen molar-refractivity contribution in [1.29, 1.82) is 0 Å². The summed E-state index contributed by atoms with van der Waals surface area (Å²) in [4.78, 5) is 11.6. The molecule has 0 spiro atoms. The zero-order chi connectivity index (χ0) is 15.1. The van der Waals surface area contributed by atoms with E-state index in [1.54, 1.807) is 16.7 Å². The first-order chi connectivity index (χ1) is 10.2. The van der Waals surface area contributed by atoms with E-state index < -0.39 is 0 Å². The van der Waals surface area contributed by atoms with Crippen molar-refractivity contribution >= 4 is 0 Å². The van der Waals surface area contributed by atoms with E-state index in [9.17, 15) is 4.79 Å². The first kappa shape index (κ1) is 15.5. The molecular weight excluding hydrogens is 260 g/mol. The van der Waals surface area contributed by atoms with Gasteiger partial charge in [-0.1, -0.05) is 35.9 Å². The van der Waals surface area contributed by atoms with Crippen molar-refractivity contribution in [2.75, 3.05) is 6.54 Å². The van der Waals surface area contributed by atoms with Gasteiger partial charge >= 0.3 is 0 Å². The molecule has 0 saturated carbocycles. The third-order valence-corrected chi connectivity index (χ3v) is 3.75. The van der Waals surface area contributed by atoms with Gasteiger partial charge < -0.3 is 9.88 Å². The van der Waals surface area contributed by atoms with Crippen LogP contribution in [0.4, 0.5) is 0 Å². The number of unbranched alkanes of at least 4 members (excludes halogenated alkanes) is 1. The number of pyridine rings is 1. The van der Waals surface area contributed by atoms with Crippen molar-refractivity contribution in [2.24, 2.45) is 0 Å². The molecule has 2 aromatic rings. The summed E-state index contributed by atoms with van der Waals surface area (Å²) in [6.07, 6.45) is 3.93. The molecule has 112 valence electrons. The largest absolute Gasteiger partial charge is 0.316 e. The predicted molar refractivity (Wildman–Crippen MR) is 87.5 cm³/mol. The number of hydrogen-bond donors (Lipinski definition) is 1. The SMILES string of the molecule is Cc1ccc([C@@H](C)NCCCCn2ccccc2=O)cc1. The molecule has 0 aliphatic heterocycles. The Morgan fingerprint density at radius 2 is 1.86 bits per heavy atom. The Balaban J connectivity index is 1.69. The van der Waals surface area contributed by atoms with Crippen molar-refractivity contribution < 1.29 is 0 Å². The van der Waals surface area contributed by atoms with E-state index in [0.717, 1.165) is 25.9 Å². The molecule has 21 heavy (non-hydrogen) atoms. The number of aryl methyl sites for hydroxylation is 2. The Morgan fingerprint density at radius 1 is 1.10 bits per heavy atom. The summed E-state index contributed by atoms with van der Waals surface area (Å²) in [5, 5.41) is 3.53. The standard InChI is InChI=1S/C18H24N2O/c1-15-8-10-17(11-9-15)16(2)19-12-4-6-14-20-13-5-3-7-18(20)21/h3,5,7-11,13,16,19H,4,6,12,14H2,1-2H3/t16-/m1/s1. The third kappa shape index (κ3) is 4.87. The van der Waals surface area contributed by atoms with Crippen LogP contribution in [0.15, 0.2) is 53.5 Å². The minimum absolute atomic E-state index is 0.0819. The lowest BCUT2D eigenvalue weighted by Crippen LogP contribution is -2.21. The number of nitrogens with one attached hydrogen (secondary N) is 1. The molecule has 0 fully saturated rings. The smallest absolute Gasteiger partial charge is 0.250 e. The summed E-state index contributed by atoms with van der Waals surface area (Å²) in [7, 11) is 0. The molecule has 1 aromatic heterocycles. The van der Waals surface area contributed by atoms with E-state index >= 15 is 0 Å². The highest BCUT2D eigenvalue weighted by molar-refractivity contribution is 5.23. The summed E-state index contributed by atoms with van der Waals surface area (Å²) in [5.74, 6) is 0. The lowest BCUT2D eigenvalue weighted by atomic mass is 10.1. The van der Waals surface area contributed by atoms with Crippen LogP contribution in [0, 0.1) is 6.92 Å². The van der Waals surface area contributed by atoms with E-state index in [-0.39, 0.29) is 5.56 Å². The molecule has 3 heteroatoms. The molecule has 2 rings (SSSR count). The fraction of sp³-hybridized carbons (Fsp3) is 0.389. The Hall–Kier alpha value is -1.87. The molecule has 0 aliphatic rings. The second-order valence-corrected chi connectivity index (χ2v) is 5.53. The van der Waals surface area contributed by atoms with Crippen molar-refractivity contribution in [3.05, 3.63) is 70.1 Å². The highest BCUT2D eigenvalue weighted by Gasteiger charge is 2.03. The van der Waals surface area contributed by atoms with Crippen LogP contribution in [0.2, 0.25) is 0 Å². The maximum Gasteiger partial charge on any atom is 0.250 e. The van der Waals surface area contributed by atoms with Gasteiger partial charge in [0.15, 0.2) is 0 Å². The van der Waals surface area contributed by atoms with Gasteiger partial charge in [0, 0.05) is 24.8 Å². The Kier molecular flexibility index (Phi) is 5.76. The maximum absolute atomic E-state index is 11.6. The molecule has 0 saturated heterocycles. The van der Waals surface area contributed by atoms with Crippen LogP contribution in [0.1, 0.15) is 36.9 Å². The van der Waals surface area contributed by atoms with E-state index in [1.807, 2.05) is 12.3 Å². The van der Waals surface area contributed by atoms with Crippen molar-refractivity contribution in [3.8, 4) is 0 Å². The summed E-state index contributed by atoms with van der Waals surface area (Å²) in [6.45, 7) is 6.05. The van der Waals surface area contributed by atoms with Gasteiger partial charge in [-0.05, 0) is 44.9 Å². The quantitative estimate of drug-likeness (QED) is 0.792. The monoisotopic (exact) mass is 284 g/mol. The zero-order valence-corrected chi connectivity index (χ0v) is 12.9. The minimum Gasteiger partial charge on any atom is -0.316 e. The Morgan fingerprint density at radius 3 is 2.57 bits per heavy atom. The van der Waals surface area contributed by atoms with Crippen LogP contribution in [0.25, 0.3) is 0 Å². The Bertz CT molecular complexity index is 601. The van der Waals surface area contributed by atoms with Gasteiger partial charge in [0.1, 0.15) is 0 Å². The van der Waals surface area contributed by atoms with Gasteiger partial charge in [0.25, 0.3) is 0 Å². The molecule has 0 bridgehead atoms. The Labute approximate surface area is 126 Å². The summed E-state index contributed by atoms with van der Waals surface area (Å²) in [5.41, 5.74) is 2.69. The molecule has 3 nitrogen and oxygen atoms in total. The van der Waals surface area contributed by atoms with E-state index in [1.165, 1.54) is 11.1 Å². The first-order valence-corrected chi connectivity index (χ1v) is 7.62. The number of rotatable bonds is 7. The van der Waals surface area contributed by atoms with Crippen LogP contribution in [-0.4, -0.2) is 11.1 Å². The lowest BCUT2D eigenvalue weighted by Gasteiger charge is -2.14. The average Bonchev–Trinajstić information content (AvgIpc) is 2.49. The zero-order valence-electron chi connectivity index (χ0n) is 12.9. The molecule has 0 amide bonds. The summed E-state index contributed by atoms with van der Waals surface area (Å²) < 4.78 is 1.77. The summed E-state index contributed by atoms with van der Waals surface area (Å²) >= 11 is 0. The number of nitrogens with zero attached hydrogens (tertiary/aromatic N) is 1. The molecule has 1 heterocycles. The molecule has 1 atom stereocenters. The topological polar surface area (TPSA) is 34.0 Å². The van der Waals surface area contributed by atoms with Crippen LogP contribution >= 0.6 is 0 Å². The fourth-order valence-electron chi connectivity index (χ4n) is 2.34. The highest BCUT2D eigenvalue weighted by atomic mass is 16.1. The second kappa shape index (κ2) is 7.79. The first-order valence-electron chi connectivity index (χ1n) is 7.62. The van der Waals surface area contributed by atoms with Crippen molar-refractivity contribution in [1.82, 2.24) is 9.88 Å². The molecule has 0 radical (unpaired) electrons. The van der Waals surface area contributed by atoms with Crippen molar-refractivity contribution in [3.63, 3.8) is 0 Å². The van der Waals surface area contributed by atoms with Crippen LogP contribution in [-0.2, 0) is 6.54 Å². The van der Waals surface area contributed by atoms with Gasteiger partial charge in [-0.15, -0.1) is 0 Å². The van der Waals surface area contributed by atoms with E-state index in [0.29, 0.717) is 6.04 Å². The van der Waals surface area contributed by atoms with Crippen LogP contribution in [0.5, 0.6) is 0 Å². The average molecular weight is 284 g/mol. The molecule has 0 unspecified atom stereocenters.